The van der Waals surface area contributed by atoms with Crippen molar-refractivity contribution in [3.8, 4) is 0 Å². The molecule has 0 atom stereocenters. The minimum Gasteiger partial charge on any atom is -0.365 e. The van der Waals surface area contributed by atoms with Crippen molar-refractivity contribution >= 4 is 35.5 Å². The van der Waals surface area contributed by atoms with Crippen molar-refractivity contribution in [3.63, 3.8) is 0 Å². The number of nitrogens with zero attached hydrogens (tertiary/aromatic N) is 1. The van der Waals surface area contributed by atoms with Crippen LogP contribution in [0.1, 0.15) is 39.5 Å². The Morgan fingerprint density at radius 2 is 1.67 bits per heavy atom. The molecule has 0 heterocycles. The molecule has 0 aliphatic rings. The van der Waals surface area contributed by atoms with Crippen LogP contribution in [0, 0.1) is 0 Å². The highest BCUT2D eigenvalue weighted by Gasteiger charge is 1.99. The molecule has 24 heavy (non-hydrogen) atoms. The molecule has 140 valence electrons. The van der Waals surface area contributed by atoms with Crippen LogP contribution in [-0.2, 0) is 4.79 Å². The van der Waals surface area contributed by atoms with Gasteiger partial charge in [0.25, 0.3) is 0 Å². The largest absolute Gasteiger partial charge is 0.365 e. The van der Waals surface area contributed by atoms with Crippen LogP contribution in [0.2, 0.25) is 0 Å². The van der Waals surface area contributed by atoms with Gasteiger partial charge in [-0.15, -0.1) is 0 Å². The van der Waals surface area contributed by atoms with Gasteiger partial charge in [0.1, 0.15) is 0 Å². The first kappa shape index (κ1) is 26.7. The maximum atomic E-state index is 10.9. The number of hydrogen-bond acceptors (Lipinski definition) is 5. The van der Waals surface area contributed by atoms with Crippen LogP contribution in [0.5, 0.6) is 0 Å². The lowest BCUT2D eigenvalue weighted by Gasteiger charge is -2.06. The van der Waals surface area contributed by atoms with Gasteiger partial charge in [-0.3, -0.25) is 5.32 Å². The minimum atomic E-state index is -0.495. The van der Waals surface area contributed by atoms with E-state index in [4.69, 9.17) is 12.2 Å². The number of amides is 4. The molecule has 0 aliphatic carbocycles. The average molecular weight is 363 g/mol. The van der Waals surface area contributed by atoms with E-state index in [9.17, 15) is 14.4 Å². The molecule has 0 saturated carbocycles. The van der Waals surface area contributed by atoms with Crippen molar-refractivity contribution in [3.05, 3.63) is 0 Å². The van der Waals surface area contributed by atoms with Gasteiger partial charge < -0.3 is 21.7 Å². The normalized spacial score (nSPS) is 8.00. The molecule has 0 aliphatic heterocycles. The molecule has 9 nitrogen and oxygen atoms in total. The molecule has 0 bridgehead atoms. The maximum absolute atomic E-state index is 10.9. The van der Waals surface area contributed by atoms with Gasteiger partial charge in [0.15, 0.2) is 5.11 Å². The Bertz CT molecular complexity index is 387. The summed E-state index contributed by atoms with van der Waals surface area (Å²) in [5, 5.41) is 10.3. The van der Waals surface area contributed by atoms with E-state index in [1.165, 1.54) is 13.1 Å². The molecule has 0 rings (SSSR count). The van der Waals surface area contributed by atoms with Crippen LogP contribution >= 0.6 is 12.2 Å². The van der Waals surface area contributed by atoms with Crippen molar-refractivity contribution in [2.45, 2.75) is 39.5 Å². The third kappa shape index (κ3) is 32.0. The van der Waals surface area contributed by atoms with Crippen LogP contribution in [0.25, 0.3) is 0 Å². The van der Waals surface area contributed by atoms with Gasteiger partial charge in [-0.2, -0.15) is 0 Å². The lowest BCUT2D eigenvalue weighted by molar-refractivity contribution is 0.245. The number of unbranched alkanes of at least 4 members (excludes halogenated alkanes) is 2. The highest BCUT2D eigenvalue weighted by atomic mass is 32.1. The summed E-state index contributed by atoms with van der Waals surface area (Å²) < 4.78 is 0. The van der Waals surface area contributed by atoms with Gasteiger partial charge in [-0.25, -0.2) is 19.4 Å². The second-order valence-electron chi connectivity index (χ2n) is 4.25. The Balaban J connectivity index is -0.000000311. The third-order valence-corrected chi connectivity index (χ3v) is 2.51. The number of aliphatic imine (C=N–C) groups is 1. The fourth-order valence-electron chi connectivity index (χ4n) is 0.871. The molecule has 0 aromatic carbocycles. The molecule has 0 unspecified atom stereocenters. The Labute approximate surface area is 149 Å². The molecule has 10 heteroatoms. The summed E-state index contributed by atoms with van der Waals surface area (Å²) in [6, 6.07) is -0.743. The number of primary amides is 1. The zero-order chi connectivity index (χ0) is 19.2. The van der Waals surface area contributed by atoms with Gasteiger partial charge in [-0.1, -0.05) is 26.7 Å². The first-order valence-electron chi connectivity index (χ1n) is 7.66. The molecular weight excluding hydrogens is 332 g/mol. The van der Waals surface area contributed by atoms with E-state index in [-0.39, 0.29) is 6.03 Å². The number of isocyanates is 1. The zero-order valence-electron chi connectivity index (χ0n) is 14.9. The van der Waals surface area contributed by atoms with Crippen LogP contribution in [0.15, 0.2) is 4.99 Å². The molecule has 6 N–H and O–H groups in total. The van der Waals surface area contributed by atoms with Crippen LogP contribution in [-0.4, -0.2) is 50.4 Å². The molecule has 0 radical (unpaired) electrons. The van der Waals surface area contributed by atoms with Crippen molar-refractivity contribution in [2.75, 3.05) is 27.2 Å². The maximum Gasteiger partial charge on any atom is 0.320 e. The predicted octanol–water partition coefficient (Wildman–Crippen LogP) is 0.997. The van der Waals surface area contributed by atoms with E-state index < -0.39 is 6.03 Å². The summed E-state index contributed by atoms with van der Waals surface area (Å²) in [6.07, 6.45) is 5.61. The Morgan fingerprint density at radius 3 is 2.04 bits per heavy atom. The third-order valence-electron chi connectivity index (χ3n) is 2.20. The Hall–Kier alpha value is -2.19. The molecule has 0 saturated heterocycles. The van der Waals surface area contributed by atoms with E-state index in [0.29, 0.717) is 18.2 Å². The van der Waals surface area contributed by atoms with Gasteiger partial charge in [-0.05, 0) is 25.1 Å². The van der Waals surface area contributed by atoms with E-state index in [1.54, 1.807) is 7.05 Å². The number of nitrogens with two attached hydrogens (primary N) is 1. The molecule has 0 spiro atoms. The standard InChI is InChI=1S/C7H15N3OS.C5H9NO.C2H6N2O/c1-3-4-5-9-6(11)10-7(12)8-2;1-2-3-4-6-5-7;1-4-2(3)5/h3-5H2,1-2H3,(H3,8,9,10,11,12);2-4H2,1H3;1H3,(H3,3,4,5). The molecule has 0 aromatic rings. The van der Waals surface area contributed by atoms with E-state index in [0.717, 1.165) is 25.7 Å². The summed E-state index contributed by atoms with van der Waals surface area (Å²) in [4.78, 5) is 33.2. The van der Waals surface area contributed by atoms with Gasteiger partial charge in [0.2, 0.25) is 6.08 Å². The number of urea groups is 2. The quantitative estimate of drug-likeness (QED) is 0.208. The SMILES string of the molecule is CCCCN=C=O.CCCCNC(=O)NC(=S)NC.CNC(N)=O. The van der Waals surface area contributed by atoms with Crippen molar-refractivity contribution in [1.29, 1.82) is 0 Å². The second-order valence-corrected chi connectivity index (χ2v) is 4.66. The Kier molecular flexibility index (Phi) is 25.7. The monoisotopic (exact) mass is 362 g/mol. The fourth-order valence-corrected chi connectivity index (χ4v) is 0.964. The summed E-state index contributed by atoms with van der Waals surface area (Å²) in [7, 11) is 3.14. The number of hydrogen-bond donors (Lipinski definition) is 5. The number of carbonyl (C=O) groups excluding carboxylic acids is 3. The summed E-state index contributed by atoms with van der Waals surface area (Å²) in [5.41, 5.74) is 4.54. The lowest BCUT2D eigenvalue weighted by atomic mass is 10.3. The van der Waals surface area contributed by atoms with Gasteiger partial charge in [0.05, 0.1) is 6.54 Å². The van der Waals surface area contributed by atoms with Crippen molar-refractivity contribution in [1.82, 2.24) is 21.3 Å². The number of rotatable bonds is 6. The average Bonchev–Trinajstić information content (AvgIpc) is 2.56. The first-order chi connectivity index (χ1) is 11.4. The van der Waals surface area contributed by atoms with Crippen LogP contribution in [0.4, 0.5) is 9.59 Å². The lowest BCUT2D eigenvalue weighted by Crippen LogP contribution is -2.43. The van der Waals surface area contributed by atoms with Gasteiger partial charge in [0, 0.05) is 20.6 Å². The fraction of sp³-hybridized carbons (Fsp3) is 0.714. The predicted molar refractivity (Wildman–Crippen MR) is 99.6 cm³/mol. The number of thiocarbonyl (C=S) groups is 1. The molecule has 0 fully saturated rings. The smallest absolute Gasteiger partial charge is 0.320 e. The zero-order valence-corrected chi connectivity index (χ0v) is 15.7. The summed E-state index contributed by atoms with van der Waals surface area (Å²) in [5.74, 6) is 0. The van der Waals surface area contributed by atoms with E-state index in [2.05, 4.69) is 45.8 Å². The van der Waals surface area contributed by atoms with Crippen LogP contribution < -0.4 is 27.0 Å². The van der Waals surface area contributed by atoms with E-state index in [1.807, 2.05) is 0 Å². The number of carbonyl (C=O) groups is 2. The first-order valence-corrected chi connectivity index (χ1v) is 8.07. The topological polar surface area (TPSA) is 138 Å². The number of nitrogens with one attached hydrogen (secondary N) is 4. The summed E-state index contributed by atoms with van der Waals surface area (Å²) >= 11 is 4.73. The van der Waals surface area contributed by atoms with E-state index >= 15 is 0 Å². The van der Waals surface area contributed by atoms with Crippen molar-refractivity contribution in [2.24, 2.45) is 10.7 Å². The highest BCUT2D eigenvalue weighted by Crippen LogP contribution is 1.83. The van der Waals surface area contributed by atoms with Crippen LogP contribution in [0.3, 0.4) is 0 Å². The molecule has 4 amide bonds. The second kappa shape index (κ2) is 23.1. The Morgan fingerprint density at radius 1 is 1.12 bits per heavy atom. The van der Waals surface area contributed by atoms with Crippen molar-refractivity contribution < 1.29 is 14.4 Å². The minimum absolute atomic E-state index is 0.247. The van der Waals surface area contributed by atoms with Gasteiger partial charge >= 0.3 is 12.1 Å². The highest BCUT2D eigenvalue weighted by molar-refractivity contribution is 7.80. The summed E-state index contributed by atoms with van der Waals surface area (Å²) in [6.45, 7) is 5.45. The molecule has 0 aromatic heterocycles. The molecular formula is C14H30N6O3S.